The fourth-order valence-electron chi connectivity index (χ4n) is 1.72. The van der Waals surface area contributed by atoms with Gasteiger partial charge in [-0.2, -0.15) is 11.8 Å². The number of thiophene rings is 1. The second-order valence-corrected chi connectivity index (χ2v) is 7.38. The molecule has 0 radical (unpaired) electrons. The van der Waals surface area contributed by atoms with Gasteiger partial charge in [0.15, 0.2) is 0 Å². The van der Waals surface area contributed by atoms with Crippen LogP contribution in [0.2, 0.25) is 10.0 Å². The number of hydrogen-bond donors (Lipinski definition) is 1. The topological polar surface area (TPSA) is 29.1 Å². The lowest BCUT2D eigenvalue weighted by Gasteiger charge is -2.06. The highest BCUT2D eigenvalue weighted by molar-refractivity contribution is 7.98. The highest BCUT2D eigenvalue weighted by atomic mass is 35.5. The molecular weight excluding hydrogens is 345 g/mol. The summed E-state index contributed by atoms with van der Waals surface area (Å²) >= 11 is 15.3. The normalized spacial score (nSPS) is 10.6. The predicted molar refractivity (Wildman–Crippen MR) is 93.7 cm³/mol. The van der Waals surface area contributed by atoms with Gasteiger partial charge in [-0.3, -0.25) is 4.79 Å². The van der Waals surface area contributed by atoms with Gasteiger partial charge in [-0.1, -0.05) is 35.3 Å². The molecule has 2 nitrogen and oxygen atoms in total. The molecule has 2 aromatic rings. The maximum atomic E-state index is 11.7. The average Bonchev–Trinajstić information content (AvgIpc) is 2.93. The van der Waals surface area contributed by atoms with E-state index in [4.69, 9.17) is 23.2 Å². The van der Waals surface area contributed by atoms with Crippen LogP contribution in [0.15, 0.2) is 35.7 Å². The highest BCUT2D eigenvalue weighted by Crippen LogP contribution is 2.24. The minimum absolute atomic E-state index is 0.0718. The highest BCUT2D eigenvalue weighted by Gasteiger charge is 2.04. The molecule has 1 aromatic heterocycles. The van der Waals surface area contributed by atoms with Gasteiger partial charge in [-0.15, -0.1) is 11.3 Å². The number of carbonyl (C=O) groups is 1. The lowest BCUT2D eigenvalue weighted by Crippen LogP contribution is -2.27. The van der Waals surface area contributed by atoms with Crippen molar-refractivity contribution in [1.82, 2.24) is 5.32 Å². The summed E-state index contributed by atoms with van der Waals surface area (Å²) in [6.07, 6.45) is 0.464. The molecule has 0 saturated heterocycles. The predicted octanol–water partition coefficient (Wildman–Crippen LogP) is 4.65. The van der Waals surface area contributed by atoms with Gasteiger partial charge < -0.3 is 5.32 Å². The minimum atomic E-state index is 0.0718. The van der Waals surface area contributed by atoms with E-state index < -0.39 is 0 Å². The third-order valence-electron chi connectivity index (χ3n) is 2.76. The number of rotatable bonds is 7. The van der Waals surface area contributed by atoms with Crippen molar-refractivity contribution in [3.8, 4) is 0 Å². The Hall–Kier alpha value is -0.680. The molecule has 2 rings (SSSR count). The van der Waals surface area contributed by atoms with Crippen molar-refractivity contribution in [2.24, 2.45) is 0 Å². The number of nitrogens with one attached hydrogen (secondary N) is 1. The molecular formula is C15H15Cl2NOS2. The smallest absolute Gasteiger partial charge is 0.225 e. The first-order valence-electron chi connectivity index (χ1n) is 6.46. The van der Waals surface area contributed by atoms with Crippen molar-refractivity contribution in [2.75, 3.05) is 12.3 Å². The Labute approximate surface area is 142 Å². The maximum Gasteiger partial charge on any atom is 0.225 e. The molecule has 0 atom stereocenters. The molecule has 0 aliphatic heterocycles. The van der Waals surface area contributed by atoms with E-state index in [0.29, 0.717) is 23.0 Å². The lowest BCUT2D eigenvalue weighted by molar-refractivity contribution is -0.120. The summed E-state index contributed by atoms with van der Waals surface area (Å²) in [7, 11) is 0. The van der Waals surface area contributed by atoms with Crippen LogP contribution in [-0.2, 0) is 17.0 Å². The Bertz CT molecular complexity index is 587. The number of thioether (sulfide) groups is 1. The van der Waals surface area contributed by atoms with E-state index in [1.807, 2.05) is 29.6 Å². The quantitative estimate of drug-likeness (QED) is 0.729. The number of amides is 1. The zero-order valence-corrected chi connectivity index (χ0v) is 14.4. The van der Waals surface area contributed by atoms with Crippen LogP contribution < -0.4 is 5.32 Å². The van der Waals surface area contributed by atoms with Crippen LogP contribution in [0.1, 0.15) is 10.4 Å². The first-order chi connectivity index (χ1) is 10.1. The van der Waals surface area contributed by atoms with Crippen LogP contribution in [0.5, 0.6) is 0 Å². The first-order valence-corrected chi connectivity index (χ1v) is 9.25. The minimum Gasteiger partial charge on any atom is -0.355 e. The van der Waals surface area contributed by atoms with E-state index in [2.05, 4.69) is 5.32 Å². The summed E-state index contributed by atoms with van der Waals surface area (Å²) < 4.78 is 0. The molecule has 6 heteroatoms. The fourth-order valence-corrected chi connectivity index (χ4v) is 3.84. The van der Waals surface area contributed by atoms with Crippen LogP contribution in [0, 0.1) is 0 Å². The second kappa shape index (κ2) is 8.69. The molecule has 0 bridgehead atoms. The molecule has 112 valence electrons. The van der Waals surface area contributed by atoms with Gasteiger partial charge in [0.2, 0.25) is 5.91 Å². The summed E-state index contributed by atoms with van der Waals surface area (Å²) in [5.41, 5.74) is 1.07. The van der Waals surface area contributed by atoms with Crippen molar-refractivity contribution in [1.29, 1.82) is 0 Å². The van der Waals surface area contributed by atoms with Crippen molar-refractivity contribution in [3.63, 3.8) is 0 Å². The molecule has 0 spiro atoms. The SMILES string of the molecule is O=C(Cc1cccs1)NCCSCc1ccc(Cl)cc1Cl. The molecule has 21 heavy (non-hydrogen) atoms. The number of halogens is 2. The number of hydrogen-bond acceptors (Lipinski definition) is 3. The summed E-state index contributed by atoms with van der Waals surface area (Å²) in [6, 6.07) is 9.46. The maximum absolute atomic E-state index is 11.7. The zero-order valence-electron chi connectivity index (χ0n) is 11.3. The van der Waals surface area contributed by atoms with Crippen LogP contribution in [-0.4, -0.2) is 18.2 Å². The fraction of sp³-hybridized carbons (Fsp3) is 0.267. The zero-order chi connectivity index (χ0) is 15.1. The molecule has 0 aliphatic rings. The molecule has 1 heterocycles. The molecule has 0 saturated carbocycles. The summed E-state index contributed by atoms with van der Waals surface area (Å²) in [5.74, 6) is 1.74. The monoisotopic (exact) mass is 359 g/mol. The lowest BCUT2D eigenvalue weighted by atomic mass is 10.2. The standard InChI is InChI=1S/C15H15Cl2NOS2/c16-12-4-3-11(14(17)8-12)10-20-7-5-18-15(19)9-13-2-1-6-21-13/h1-4,6,8H,5,7,9-10H2,(H,18,19). The van der Waals surface area contributed by atoms with Gasteiger partial charge in [0.1, 0.15) is 0 Å². The van der Waals surface area contributed by atoms with Gasteiger partial charge >= 0.3 is 0 Å². The average molecular weight is 360 g/mol. The van der Waals surface area contributed by atoms with Crippen molar-refractivity contribution in [3.05, 3.63) is 56.2 Å². The molecule has 1 N–H and O–H groups in total. The molecule has 0 aliphatic carbocycles. The van der Waals surface area contributed by atoms with Gasteiger partial charge in [0.25, 0.3) is 0 Å². The van der Waals surface area contributed by atoms with Crippen LogP contribution >= 0.6 is 46.3 Å². The molecule has 1 aromatic carbocycles. The van der Waals surface area contributed by atoms with E-state index in [-0.39, 0.29) is 5.91 Å². The third-order valence-corrected chi connectivity index (χ3v) is 5.23. The van der Waals surface area contributed by atoms with Crippen LogP contribution in [0.3, 0.4) is 0 Å². The Morgan fingerprint density at radius 3 is 2.86 bits per heavy atom. The summed E-state index contributed by atoms with van der Waals surface area (Å²) in [5, 5.41) is 6.24. The van der Waals surface area contributed by atoms with Crippen LogP contribution in [0.4, 0.5) is 0 Å². The Kier molecular flexibility index (Phi) is 6.90. The van der Waals surface area contributed by atoms with Gasteiger partial charge in [-0.25, -0.2) is 0 Å². The van der Waals surface area contributed by atoms with E-state index >= 15 is 0 Å². The van der Waals surface area contributed by atoms with E-state index in [0.717, 1.165) is 21.9 Å². The van der Waals surface area contributed by atoms with Crippen molar-refractivity contribution in [2.45, 2.75) is 12.2 Å². The van der Waals surface area contributed by atoms with E-state index in [9.17, 15) is 4.79 Å². The Balaban J connectivity index is 1.62. The Morgan fingerprint density at radius 1 is 1.29 bits per heavy atom. The molecule has 1 amide bonds. The van der Waals surface area contributed by atoms with E-state index in [1.54, 1.807) is 29.2 Å². The summed E-state index contributed by atoms with van der Waals surface area (Å²) in [4.78, 5) is 12.8. The van der Waals surface area contributed by atoms with Gasteiger partial charge in [0.05, 0.1) is 6.42 Å². The van der Waals surface area contributed by atoms with Gasteiger partial charge in [0, 0.05) is 33.0 Å². The van der Waals surface area contributed by atoms with Crippen molar-refractivity contribution >= 4 is 52.2 Å². The largest absolute Gasteiger partial charge is 0.355 e. The summed E-state index contributed by atoms with van der Waals surface area (Å²) in [6.45, 7) is 0.667. The van der Waals surface area contributed by atoms with Crippen molar-refractivity contribution < 1.29 is 4.79 Å². The van der Waals surface area contributed by atoms with E-state index in [1.165, 1.54) is 0 Å². The molecule has 0 fully saturated rings. The Morgan fingerprint density at radius 2 is 2.14 bits per heavy atom. The van der Waals surface area contributed by atoms with Gasteiger partial charge in [-0.05, 0) is 29.1 Å². The number of carbonyl (C=O) groups excluding carboxylic acids is 1. The second-order valence-electron chi connectivity index (χ2n) is 4.39. The van der Waals surface area contributed by atoms with Crippen LogP contribution in [0.25, 0.3) is 0 Å². The molecule has 0 unspecified atom stereocenters. The first kappa shape index (κ1) is 16.7. The number of benzene rings is 1. The third kappa shape index (κ3) is 5.91.